The van der Waals surface area contributed by atoms with Gasteiger partial charge in [0.25, 0.3) is 0 Å². The maximum atomic E-state index is 11.2. The first-order valence-electron chi connectivity index (χ1n) is 4.62. The molecule has 1 fully saturated rings. The number of rotatable bonds is 3. The summed E-state index contributed by atoms with van der Waals surface area (Å²) in [7, 11) is -3.04. The molecule has 0 saturated carbocycles. The van der Waals surface area contributed by atoms with Gasteiger partial charge in [-0.15, -0.1) is 0 Å². The molecule has 2 atom stereocenters. The Bertz CT molecular complexity index is 318. The molecule has 2 N–H and O–H groups in total. The van der Waals surface area contributed by atoms with E-state index in [4.69, 9.17) is 10.5 Å². The molecule has 1 rings (SSSR count). The van der Waals surface area contributed by atoms with E-state index in [0.29, 0.717) is 12.8 Å². The van der Waals surface area contributed by atoms with E-state index in [1.807, 2.05) is 0 Å². The summed E-state index contributed by atoms with van der Waals surface area (Å²) in [6, 6.07) is 0. The molecule has 1 amide bonds. The van der Waals surface area contributed by atoms with Crippen LogP contribution in [-0.2, 0) is 19.3 Å². The maximum Gasteiger partial charge on any atom is 0.404 e. The third-order valence-electron chi connectivity index (χ3n) is 2.35. The summed E-state index contributed by atoms with van der Waals surface area (Å²) in [5, 5.41) is -0.442. The Hall–Kier alpha value is -0.820. The zero-order valence-electron chi connectivity index (χ0n) is 8.51. The lowest BCUT2D eigenvalue weighted by Gasteiger charge is -2.27. The number of amides is 1. The van der Waals surface area contributed by atoms with E-state index in [2.05, 4.69) is 4.74 Å². The highest BCUT2D eigenvalue weighted by Crippen LogP contribution is 2.18. The van der Waals surface area contributed by atoms with Gasteiger partial charge in [-0.05, 0) is 12.8 Å². The van der Waals surface area contributed by atoms with Crippen molar-refractivity contribution in [3.05, 3.63) is 0 Å². The van der Waals surface area contributed by atoms with Crippen LogP contribution >= 0.6 is 0 Å². The van der Waals surface area contributed by atoms with Gasteiger partial charge in [0, 0.05) is 6.26 Å². The molecule has 0 spiro atoms. The molecule has 1 aliphatic heterocycles. The highest BCUT2D eigenvalue weighted by Gasteiger charge is 2.28. The Labute approximate surface area is 88.6 Å². The van der Waals surface area contributed by atoms with Crippen LogP contribution in [0.4, 0.5) is 4.79 Å². The van der Waals surface area contributed by atoms with Crippen molar-refractivity contribution < 1.29 is 22.7 Å². The monoisotopic (exact) mass is 237 g/mol. The summed E-state index contributed by atoms with van der Waals surface area (Å²) in [4.78, 5) is 10.3. The van der Waals surface area contributed by atoms with Crippen molar-refractivity contribution in [3.63, 3.8) is 0 Å². The summed E-state index contributed by atoms with van der Waals surface area (Å²) in [6.07, 6.45) is 1.21. The minimum atomic E-state index is -3.04. The van der Waals surface area contributed by atoms with Crippen molar-refractivity contribution in [3.8, 4) is 0 Å². The lowest BCUT2D eigenvalue weighted by molar-refractivity contribution is -0.0192. The van der Waals surface area contributed by atoms with E-state index >= 15 is 0 Å². The molecule has 88 valence electrons. The second-order valence-electron chi connectivity index (χ2n) is 3.61. The van der Waals surface area contributed by atoms with Gasteiger partial charge in [-0.25, -0.2) is 13.2 Å². The quantitative estimate of drug-likeness (QED) is 0.725. The van der Waals surface area contributed by atoms with E-state index in [0.717, 1.165) is 0 Å². The standard InChI is InChI=1S/C8H15NO5S/c1-15(11,12)7-3-2-6(13-5-7)4-14-8(9)10/h6-7H,2-5H2,1H3,(H2,9,10). The number of carbonyl (C=O) groups excluding carboxylic acids is 1. The second-order valence-corrected chi connectivity index (χ2v) is 5.94. The third-order valence-corrected chi connectivity index (χ3v) is 3.93. The summed E-state index contributed by atoms with van der Waals surface area (Å²) in [5.41, 5.74) is 4.79. The predicted octanol–water partition coefficient (Wildman–Crippen LogP) is -0.326. The number of sulfone groups is 1. The topological polar surface area (TPSA) is 95.7 Å². The van der Waals surface area contributed by atoms with Crippen molar-refractivity contribution in [1.82, 2.24) is 0 Å². The number of primary amides is 1. The Balaban J connectivity index is 2.33. The molecule has 1 saturated heterocycles. The van der Waals surface area contributed by atoms with Gasteiger partial charge in [-0.1, -0.05) is 0 Å². The average Bonchev–Trinajstić information content (AvgIpc) is 2.14. The predicted molar refractivity (Wildman–Crippen MR) is 53.1 cm³/mol. The fraction of sp³-hybridized carbons (Fsp3) is 0.875. The molecule has 7 heteroatoms. The molecular formula is C8H15NO5S. The molecule has 0 aromatic heterocycles. The zero-order chi connectivity index (χ0) is 11.5. The van der Waals surface area contributed by atoms with Crippen molar-refractivity contribution >= 4 is 15.9 Å². The Morgan fingerprint density at radius 3 is 2.60 bits per heavy atom. The normalized spacial score (nSPS) is 27.3. The van der Waals surface area contributed by atoms with Crippen LogP contribution in [-0.4, -0.2) is 45.3 Å². The van der Waals surface area contributed by atoms with E-state index in [9.17, 15) is 13.2 Å². The summed E-state index contributed by atoms with van der Waals surface area (Å²) < 4.78 is 32.2. The van der Waals surface area contributed by atoms with Gasteiger partial charge in [0.2, 0.25) is 0 Å². The van der Waals surface area contributed by atoms with Crippen molar-refractivity contribution in [2.24, 2.45) is 5.73 Å². The number of ether oxygens (including phenoxy) is 2. The molecule has 1 aliphatic rings. The number of hydrogen-bond donors (Lipinski definition) is 1. The first-order chi connectivity index (χ1) is 6.89. The highest BCUT2D eigenvalue weighted by atomic mass is 32.2. The van der Waals surface area contributed by atoms with Crippen LogP contribution in [0.3, 0.4) is 0 Å². The fourth-order valence-electron chi connectivity index (χ4n) is 1.43. The molecule has 0 aliphatic carbocycles. The zero-order valence-corrected chi connectivity index (χ0v) is 9.33. The molecule has 0 aromatic rings. The van der Waals surface area contributed by atoms with Crippen molar-refractivity contribution in [2.75, 3.05) is 19.5 Å². The third kappa shape index (κ3) is 4.05. The van der Waals surface area contributed by atoms with Crippen LogP contribution in [0.15, 0.2) is 0 Å². The van der Waals surface area contributed by atoms with E-state index in [1.165, 1.54) is 6.26 Å². The molecule has 1 heterocycles. The summed E-state index contributed by atoms with van der Waals surface area (Å²) >= 11 is 0. The largest absolute Gasteiger partial charge is 0.447 e. The van der Waals surface area contributed by atoms with Crippen LogP contribution in [0, 0.1) is 0 Å². The maximum absolute atomic E-state index is 11.2. The lowest BCUT2D eigenvalue weighted by Crippen LogP contribution is -2.37. The minimum absolute atomic E-state index is 0.0891. The van der Waals surface area contributed by atoms with Crippen LogP contribution < -0.4 is 5.73 Å². The van der Waals surface area contributed by atoms with Crippen LogP contribution in [0.5, 0.6) is 0 Å². The molecule has 15 heavy (non-hydrogen) atoms. The number of hydrogen-bond acceptors (Lipinski definition) is 5. The fourth-order valence-corrected chi connectivity index (χ4v) is 2.32. The molecule has 0 bridgehead atoms. The number of carbonyl (C=O) groups is 1. The van der Waals surface area contributed by atoms with Gasteiger partial charge in [0.1, 0.15) is 6.61 Å². The molecule has 0 aromatic carbocycles. The van der Waals surface area contributed by atoms with Gasteiger partial charge >= 0.3 is 6.09 Å². The highest BCUT2D eigenvalue weighted by molar-refractivity contribution is 7.91. The first-order valence-corrected chi connectivity index (χ1v) is 6.57. The van der Waals surface area contributed by atoms with Crippen LogP contribution in [0.1, 0.15) is 12.8 Å². The van der Waals surface area contributed by atoms with Gasteiger partial charge in [0.05, 0.1) is 18.0 Å². The van der Waals surface area contributed by atoms with Crippen molar-refractivity contribution in [1.29, 1.82) is 0 Å². The van der Waals surface area contributed by atoms with Gasteiger partial charge in [0.15, 0.2) is 9.84 Å². The van der Waals surface area contributed by atoms with E-state index in [1.54, 1.807) is 0 Å². The Kier molecular flexibility index (Phi) is 3.92. The Morgan fingerprint density at radius 1 is 1.53 bits per heavy atom. The SMILES string of the molecule is CS(=O)(=O)C1CCC(COC(N)=O)OC1. The lowest BCUT2D eigenvalue weighted by atomic mass is 10.1. The smallest absolute Gasteiger partial charge is 0.404 e. The van der Waals surface area contributed by atoms with Gasteiger partial charge in [-0.3, -0.25) is 0 Å². The molecule has 0 radical (unpaired) electrons. The number of nitrogens with two attached hydrogens (primary N) is 1. The minimum Gasteiger partial charge on any atom is -0.447 e. The molecular weight excluding hydrogens is 222 g/mol. The van der Waals surface area contributed by atoms with E-state index < -0.39 is 21.2 Å². The Morgan fingerprint density at radius 2 is 2.20 bits per heavy atom. The van der Waals surface area contributed by atoms with Crippen LogP contribution in [0.2, 0.25) is 0 Å². The van der Waals surface area contributed by atoms with Crippen LogP contribution in [0.25, 0.3) is 0 Å². The first kappa shape index (κ1) is 12.3. The summed E-state index contributed by atoms with van der Waals surface area (Å²) in [6.45, 7) is 0.247. The molecule has 2 unspecified atom stereocenters. The van der Waals surface area contributed by atoms with E-state index in [-0.39, 0.29) is 19.3 Å². The van der Waals surface area contributed by atoms with Crippen molar-refractivity contribution in [2.45, 2.75) is 24.2 Å². The van der Waals surface area contributed by atoms with Gasteiger partial charge in [-0.2, -0.15) is 0 Å². The average molecular weight is 237 g/mol. The molecule has 6 nitrogen and oxygen atoms in total. The van der Waals surface area contributed by atoms with Gasteiger partial charge < -0.3 is 15.2 Å². The summed E-state index contributed by atoms with van der Waals surface area (Å²) in [5.74, 6) is 0. The second kappa shape index (κ2) is 4.80.